The van der Waals surface area contributed by atoms with Crippen molar-refractivity contribution >= 4 is 11.5 Å². The van der Waals surface area contributed by atoms with Gasteiger partial charge in [-0.25, -0.2) is 4.98 Å². The van der Waals surface area contributed by atoms with Crippen LogP contribution < -0.4 is 0 Å². The molecule has 0 saturated heterocycles. The van der Waals surface area contributed by atoms with Crippen LogP contribution in [0.5, 0.6) is 0 Å². The number of rotatable bonds is 3. The molecule has 0 spiro atoms. The van der Waals surface area contributed by atoms with Crippen molar-refractivity contribution in [2.24, 2.45) is 5.18 Å². The molecule has 0 unspecified atom stereocenters. The minimum Gasteiger partial charge on any atom is -0.258 e. The second kappa shape index (κ2) is 3.70. The first-order chi connectivity index (χ1) is 6.17. The molecule has 0 atom stereocenters. The van der Waals surface area contributed by atoms with E-state index in [0.29, 0.717) is 12.1 Å². The van der Waals surface area contributed by atoms with Gasteiger partial charge in [0.2, 0.25) is 5.82 Å². The molecule has 6 heteroatoms. The first-order valence-corrected chi connectivity index (χ1v) is 3.66. The lowest BCUT2D eigenvalue weighted by Crippen LogP contribution is -1.92. The maximum absolute atomic E-state index is 10.4. The predicted octanol–water partition coefficient (Wildman–Crippen LogP) is 1.95. The van der Waals surface area contributed by atoms with Crippen molar-refractivity contribution in [3.05, 3.63) is 32.8 Å². The van der Waals surface area contributed by atoms with Crippen LogP contribution in [0.15, 0.2) is 17.3 Å². The van der Waals surface area contributed by atoms with Crippen molar-refractivity contribution in [3.8, 4) is 0 Å². The fraction of sp³-hybridized carbons (Fsp3) is 0.286. The highest BCUT2D eigenvalue weighted by atomic mass is 16.6. The highest BCUT2D eigenvalue weighted by molar-refractivity contribution is 5.42. The molecule has 0 aromatic carbocycles. The largest absolute Gasteiger partial charge is 0.275 e. The number of aryl methyl sites for hydroxylation is 1. The molecule has 1 aromatic heterocycles. The molecule has 0 saturated carbocycles. The first kappa shape index (κ1) is 9.24. The molecule has 1 rings (SSSR count). The van der Waals surface area contributed by atoms with E-state index in [4.69, 9.17) is 0 Å². The Labute approximate surface area is 73.7 Å². The van der Waals surface area contributed by atoms with Crippen molar-refractivity contribution in [1.29, 1.82) is 0 Å². The zero-order valence-corrected chi connectivity index (χ0v) is 6.93. The van der Waals surface area contributed by atoms with Gasteiger partial charge in [-0.15, -0.1) is 4.91 Å². The van der Waals surface area contributed by atoms with Gasteiger partial charge in [-0.1, -0.05) is 6.92 Å². The standard InChI is InChI=1S/C7H7N3O3/c1-2-5-3-6(10(12)13)4-7(8-5)9-11/h3-4H,2H2,1H3. The van der Waals surface area contributed by atoms with E-state index in [1.807, 2.05) is 0 Å². The minimum atomic E-state index is -0.574. The molecule has 0 bridgehead atoms. The quantitative estimate of drug-likeness (QED) is 0.405. The van der Waals surface area contributed by atoms with E-state index >= 15 is 0 Å². The van der Waals surface area contributed by atoms with Crippen LogP contribution in [0, 0.1) is 15.0 Å². The molecule has 1 aromatic rings. The fourth-order valence-electron chi connectivity index (χ4n) is 0.890. The minimum absolute atomic E-state index is 0.147. The van der Waals surface area contributed by atoms with Crippen LogP contribution in [0.4, 0.5) is 11.5 Å². The number of nitro groups is 1. The SMILES string of the molecule is CCc1cc([N+](=O)[O-])cc(N=O)n1. The third-order valence-corrected chi connectivity index (χ3v) is 1.52. The Morgan fingerprint density at radius 3 is 2.77 bits per heavy atom. The summed E-state index contributed by atoms with van der Waals surface area (Å²) < 4.78 is 0. The monoisotopic (exact) mass is 181 g/mol. The Morgan fingerprint density at radius 2 is 2.31 bits per heavy atom. The van der Waals surface area contributed by atoms with Gasteiger partial charge in [0.05, 0.1) is 11.0 Å². The lowest BCUT2D eigenvalue weighted by molar-refractivity contribution is -0.384. The van der Waals surface area contributed by atoms with Crippen molar-refractivity contribution in [2.75, 3.05) is 0 Å². The van der Waals surface area contributed by atoms with Gasteiger partial charge in [-0.05, 0) is 11.6 Å². The molecule has 0 amide bonds. The third-order valence-electron chi connectivity index (χ3n) is 1.52. The molecule has 1 heterocycles. The molecule has 13 heavy (non-hydrogen) atoms. The van der Waals surface area contributed by atoms with Crippen LogP contribution in [-0.2, 0) is 6.42 Å². The zero-order chi connectivity index (χ0) is 9.84. The van der Waals surface area contributed by atoms with Crippen molar-refractivity contribution in [3.63, 3.8) is 0 Å². The van der Waals surface area contributed by atoms with Crippen LogP contribution in [0.2, 0.25) is 0 Å². The molecular weight excluding hydrogens is 174 g/mol. The molecule has 0 radical (unpaired) electrons. The Hall–Kier alpha value is -1.85. The molecule has 6 nitrogen and oxygen atoms in total. The summed E-state index contributed by atoms with van der Waals surface area (Å²) in [4.78, 5) is 23.7. The summed E-state index contributed by atoms with van der Waals surface area (Å²) in [7, 11) is 0. The average Bonchev–Trinajstić information content (AvgIpc) is 2.16. The normalized spacial score (nSPS) is 9.62. The first-order valence-electron chi connectivity index (χ1n) is 3.66. The van der Waals surface area contributed by atoms with E-state index < -0.39 is 4.92 Å². The fourth-order valence-corrected chi connectivity index (χ4v) is 0.890. The van der Waals surface area contributed by atoms with Crippen LogP contribution in [0.1, 0.15) is 12.6 Å². The molecule has 0 fully saturated rings. The molecule has 68 valence electrons. The maximum atomic E-state index is 10.4. The number of hydrogen-bond acceptors (Lipinski definition) is 5. The van der Waals surface area contributed by atoms with Crippen molar-refractivity contribution in [2.45, 2.75) is 13.3 Å². The lowest BCUT2D eigenvalue weighted by atomic mass is 10.2. The summed E-state index contributed by atoms with van der Waals surface area (Å²) in [5.74, 6) is -0.147. The van der Waals surface area contributed by atoms with Crippen LogP contribution >= 0.6 is 0 Å². The number of aromatic nitrogens is 1. The van der Waals surface area contributed by atoms with Crippen LogP contribution in [0.3, 0.4) is 0 Å². The highest BCUT2D eigenvalue weighted by Gasteiger charge is 2.10. The van der Waals surface area contributed by atoms with Crippen LogP contribution in [0.25, 0.3) is 0 Å². The van der Waals surface area contributed by atoms with Gasteiger partial charge < -0.3 is 0 Å². The van der Waals surface area contributed by atoms with Gasteiger partial charge in [0.1, 0.15) is 0 Å². The number of pyridine rings is 1. The average molecular weight is 181 g/mol. The van der Waals surface area contributed by atoms with E-state index in [2.05, 4.69) is 10.2 Å². The predicted molar refractivity (Wildman–Crippen MR) is 45.7 cm³/mol. The zero-order valence-electron chi connectivity index (χ0n) is 6.93. The summed E-state index contributed by atoms with van der Waals surface area (Å²) in [5, 5.41) is 12.9. The van der Waals surface area contributed by atoms with Gasteiger partial charge in [0.15, 0.2) is 0 Å². The van der Waals surface area contributed by atoms with E-state index in [-0.39, 0.29) is 11.5 Å². The number of nitrogens with zero attached hydrogens (tertiary/aromatic N) is 3. The van der Waals surface area contributed by atoms with Gasteiger partial charge >= 0.3 is 0 Å². The van der Waals surface area contributed by atoms with Crippen molar-refractivity contribution < 1.29 is 4.92 Å². The Balaban J connectivity index is 3.22. The Bertz CT molecular complexity index is 351. The molecule has 0 aliphatic rings. The molecular formula is C7H7N3O3. The lowest BCUT2D eigenvalue weighted by Gasteiger charge is -1.96. The van der Waals surface area contributed by atoms with Gasteiger partial charge in [-0.3, -0.25) is 10.1 Å². The van der Waals surface area contributed by atoms with Gasteiger partial charge in [0, 0.05) is 11.8 Å². The van der Waals surface area contributed by atoms with E-state index in [0.717, 1.165) is 6.07 Å². The summed E-state index contributed by atoms with van der Waals surface area (Å²) in [5.41, 5.74) is 0.338. The smallest absolute Gasteiger partial charge is 0.258 e. The van der Waals surface area contributed by atoms with Gasteiger partial charge in [0.25, 0.3) is 5.69 Å². The molecule has 0 aliphatic heterocycles. The second-order valence-electron chi connectivity index (χ2n) is 2.38. The third kappa shape index (κ3) is 2.05. The van der Waals surface area contributed by atoms with Crippen molar-refractivity contribution in [1.82, 2.24) is 4.98 Å². The Morgan fingerprint density at radius 1 is 1.62 bits per heavy atom. The van der Waals surface area contributed by atoms with Crippen LogP contribution in [-0.4, -0.2) is 9.91 Å². The summed E-state index contributed by atoms with van der Waals surface area (Å²) in [6.45, 7) is 1.79. The Kier molecular flexibility index (Phi) is 2.63. The maximum Gasteiger partial charge on any atom is 0.275 e. The summed E-state index contributed by atoms with van der Waals surface area (Å²) >= 11 is 0. The summed E-state index contributed by atoms with van der Waals surface area (Å²) in [6.07, 6.45) is 0.532. The number of hydrogen-bond donors (Lipinski definition) is 0. The van der Waals surface area contributed by atoms with Gasteiger partial charge in [-0.2, -0.15) is 0 Å². The second-order valence-corrected chi connectivity index (χ2v) is 2.38. The highest BCUT2D eigenvalue weighted by Crippen LogP contribution is 2.19. The summed E-state index contributed by atoms with van der Waals surface area (Å²) in [6, 6.07) is 2.38. The van der Waals surface area contributed by atoms with E-state index in [9.17, 15) is 15.0 Å². The molecule has 0 aliphatic carbocycles. The number of nitroso groups, excluding NO2 is 1. The molecule has 0 N–H and O–H groups in total. The van der Waals surface area contributed by atoms with E-state index in [1.54, 1.807) is 6.92 Å². The van der Waals surface area contributed by atoms with E-state index in [1.165, 1.54) is 6.07 Å². The topological polar surface area (TPSA) is 85.5 Å².